The number of carbonyl (C=O) groups excluding carboxylic acids is 2. The number of urea groups is 1. The standard InChI is InChI=1S/C20H17ClF4N6O2/c1-11-15(9-27-28-11)18(32)31(10-12-3-5-14(22)6-4-12)19(33)29-30(2)17-16(21)7-13(8-26-17)20(23,24)25/h3-9H,10H2,1-2H3,(H,27,28)(H,29,33). The topological polar surface area (TPSA) is 94.2 Å². The monoisotopic (exact) mass is 484 g/mol. The Morgan fingerprint density at radius 3 is 2.39 bits per heavy atom. The van der Waals surface area contributed by atoms with Crippen molar-refractivity contribution >= 4 is 29.4 Å². The minimum Gasteiger partial charge on any atom is -0.282 e. The van der Waals surface area contributed by atoms with Crippen LogP contribution < -0.4 is 10.4 Å². The van der Waals surface area contributed by atoms with Crippen LogP contribution >= 0.6 is 11.6 Å². The van der Waals surface area contributed by atoms with Crippen LogP contribution in [0.2, 0.25) is 5.02 Å². The van der Waals surface area contributed by atoms with E-state index in [-0.39, 0.29) is 22.9 Å². The van der Waals surface area contributed by atoms with Gasteiger partial charge in [0, 0.05) is 18.9 Å². The Morgan fingerprint density at radius 2 is 1.85 bits per heavy atom. The molecule has 0 atom stereocenters. The number of amides is 3. The van der Waals surface area contributed by atoms with Gasteiger partial charge >= 0.3 is 12.2 Å². The average Bonchev–Trinajstić information content (AvgIpc) is 3.17. The number of anilines is 1. The summed E-state index contributed by atoms with van der Waals surface area (Å²) in [5.41, 5.74) is 2.29. The van der Waals surface area contributed by atoms with E-state index in [1.165, 1.54) is 37.5 Å². The second kappa shape index (κ2) is 9.45. The molecule has 3 amide bonds. The summed E-state index contributed by atoms with van der Waals surface area (Å²) in [7, 11) is 1.29. The van der Waals surface area contributed by atoms with E-state index in [9.17, 15) is 27.2 Å². The van der Waals surface area contributed by atoms with Gasteiger partial charge in [-0.1, -0.05) is 23.7 Å². The van der Waals surface area contributed by atoms with E-state index in [0.717, 1.165) is 9.91 Å². The SMILES string of the molecule is Cc1[nH]ncc1C(=O)N(Cc1ccc(F)cc1)C(=O)NN(C)c1ncc(C(F)(F)F)cc1Cl. The van der Waals surface area contributed by atoms with Gasteiger partial charge in [-0.25, -0.2) is 19.6 Å². The fourth-order valence-electron chi connectivity index (χ4n) is 2.81. The van der Waals surface area contributed by atoms with Crippen molar-refractivity contribution in [1.29, 1.82) is 0 Å². The van der Waals surface area contributed by atoms with Crippen LogP contribution in [0, 0.1) is 12.7 Å². The molecule has 174 valence electrons. The number of aryl methyl sites for hydroxylation is 1. The first-order valence-electron chi connectivity index (χ1n) is 9.30. The minimum atomic E-state index is -4.64. The molecule has 2 N–H and O–H groups in total. The highest BCUT2D eigenvalue weighted by Gasteiger charge is 2.32. The van der Waals surface area contributed by atoms with E-state index < -0.39 is 29.5 Å². The smallest absolute Gasteiger partial charge is 0.282 e. The van der Waals surface area contributed by atoms with Crippen molar-refractivity contribution < 1.29 is 27.2 Å². The van der Waals surface area contributed by atoms with E-state index in [0.29, 0.717) is 23.5 Å². The van der Waals surface area contributed by atoms with Gasteiger partial charge < -0.3 is 0 Å². The number of imide groups is 1. The quantitative estimate of drug-likeness (QED) is 0.415. The second-order valence-corrected chi connectivity index (χ2v) is 7.34. The maximum atomic E-state index is 13.2. The highest BCUT2D eigenvalue weighted by atomic mass is 35.5. The van der Waals surface area contributed by atoms with Crippen LogP contribution in [0.25, 0.3) is 0 Å². The Bertz CT molecular complexity index is 1170. The molecule has 0 aliphatic rings. The van der Waals surface area contributed by atoms with Gasteiger partial charge in [0.2, 0.25) is 0 Å². The Labute approximate surface area is 190 Å². The number of rotatable bonds is 5. The van der Waals surface area contributed by atoms with Crippen LogP contribution in [0.4, 0.5) is 28.2 Å². The lowest BCUT2D eigenvalue weighted by Gasteiger charge is -2.26. The third-order valence-corrected chi connectivity index (χ3v) is 4.81. The van der Waals surface area contributed by atoms with Crippen LogP contribution in [0.1, 0.15) is 27.2 Å². The molecule has 0 saturated heterocycles. The molecular weight excluding hydrogens is 468 g/mol. The Balaban J connectivity index is 1.85. The molecule has 0 aliphatic carbocycles. The number of aromatic amines is 1. The van der Waals surface area contributed by atoms with Crippen molar-refractivity contribution in [2.24, 2.45) is 0 Å². The first-order valence-corrected chi connectivity index (χ1v) is 9.68. The van der Waals surface area contributed by atoms with Gasteiger partial charge in [-0.2, -0.15) is 18.3 Å². The molecule has 8 nitrogen and oxygen atoms in total. The fraction of sp³-hybridized carbons (Fsp3) is 0.200. The van der Waals surface area contributed by atoms with Gasteiger partial charge in [-0.3, -0.25) is 19.8 Å². The zero-order valence-corrected chi connectivity index (χ0v) is 18.0. The lowest BCUT2D eigenvalue weighted by Crippen LogP contribution is -2.50. The van der Waals surface area contributed by atoms with Crippen molar-refractivity contribution in [1.82, 2.24) is 25.5 Å². The van der Waals surface area contributed by atoms with Crippen molar-refractivity contribution in [2.75, 3.05) is 12.1 Å². The van der Waals surface area contributed by atoms with Crippen molar-refractivity contribution in [3.8, 4) is 0 Å². The van der Waals surface area contributed by atoms with E-state index in [1.807, 2.05) is 0 Å². The summed E-state index contributed by atoms with van der Waals surface area (Å²) in [6.45, 7) is 1.36. The highest BCUT2D eigenvalue weighted by Crippen LogP contribution is 2.33. The molecule has 3 rings (SSSR count). The van der Waals surface area contributed by atoms with Crippen molar-refractivity contribution in [3.63, 3.8) is 0 Å². The predicted octanol–water partition coefficient (Wildman–Crippen LogP) is 4.33. The molecule has 0 unspecified atom stereocenters. The van der Waals surface area contributed by atoms with Gasteiger partial charge in [-0.15, -0.1) is 0 Å². The molecule has 0 spiro atoms. The number of carbonyl (C=O) groups is 2. The number of nitrogens with zero attached hydrogens (tertiary/aromatic N) is 4. The number of hydrogen-bond donors (Lipinski definition) is 2. The molecule has 2 aromatic heterocycles. The third kappa shape index (κ3) is 5.58. The average molecular weight is 485 g/mol. The number of aromatic nitrogens is 3. The molecule has 0 aliphatic heterocycles. The highest BCUT2D eigenvalue weighted by molar-refractivity contribution is 6.33. The Hall–Kier alpha value is -3.67. The van der Waals surface area contributed by atoms with Gasteiger partial charge in [0.05, 0.1) is 28.9 Å². The van der Waals surface area contributed by atoms with E-state index >= 15 is 0 Å². The number of hydrogen-bond acceptors (Lipinski definition) is 5. The number of pyridine rings is 1. The van der Waals surface area contributed by atoms with E-state index in [2.05, 4.69) is 20.6 Å². The molecule has 0 fully saturated rings. The zero-order valence-electron chi connectivity index (χ0n) is 17.2. The van der Waals surface area contributed by atoms with Crippen molar-refractivity contribution in [3.05, 3.63) is 75.9 Å². The van der Waals surface area contributed by atoms with E-state index in [4.69, 9.17) is 11.6 Å². The van der Waals surface area contributed by atoms with Crippen LogP contribution in [0.15, 0.2) is 42.7 Å². The first kappa shape index (κ1) is 24.0. The first-order chi connectivity index (χ1) is 15.5. The number of H-pyrrole nitrogens is 1. The summed E-state index contributed by atoms with van der Waals surface area (Å²) in [5, 5.41) is 6.98. The molecule has 3 aromatic rings. The second-order valence-electron chi connectivity index (χ2n) is 6.93. The van der Waals surface area contributed by atoms with Crippen LogP contribution in [0.3, 0.4) is 0 Å². The Kier molecular flexibility index (Phi) is 6.86. The summed E-state index contributed by atoms with van der Waals surface area (Å²) in [4.78, 5) is 30.5. The summed E-state index contributed by atoms with van der Waals surface area (Å²) < 4.78 is 51.8. The lowest BCUT2D eigenvalue weighted by molar-refractivity contribution is -0.137. The molecule has 2 heterocycles. The summed E-state index contributed by atoms with van der Waals surface area (Å²) in [6, 6.07) is 4.91. The molecule has 13 heteroatoms. The van der Waals surface area contributed by atoms with Gasteiger partial charge in [0.15, 0.2) is 5.82 Å². The normalized spacial score (nSPS) is 11.2. The minimum absolute atomic E-state index is 0.126. The zero-order chi connectivity index (χ0) is 24.3. The van der Waals surface area contributed by atoms with Gasteiger partial charge in [0.25, 0.3) is 5.91 Å². The number of halogens is 5. The molecule has 33 heavy (non-hydrogen) atoms. The number of benzene rings is 1. The van der Waals surface area contributed by atoms with E-state index in [1.54, 1.807) is 6.92 Å². The van der Waals surface area contributed by atoms with Gasteiger partial charge in [-0.05, 0) is 30.7 Å². The number of hydrazine groups is 1. The molecular formula is C20H17ClF4N6O2. The molecule has 0 radical (unpaired) electrons. The predicted molar refractivity (Wildman–Crippen MR) is 111 cm³/mol. The summed E-state index contributed by atoms with van der Waals surface area (Å²) in [5.74, 6) is -1.37. The van der Waals surface area contributed by atoms with Crippen LogP contribution in [-0.2, 0) is 12.7 Å². The lowest BCUT2D eigenvalue weighted by atomic mass is 10.2. The summed E-state index contributed by atoms with van der Waals surface area (Å²) >= 11 is 5.92. The Morgan fingerprint density at radius 1 is 1.18 bits per heavy atom. The largest absolute Gasteiger partial charge is 0.417 e. The van der Waals surface area contributed by atoms with Crippen LogP contribution in [-0.4, -0.2) is 39.1 Å². The maximum Gasteiger partial charge on any atom is 0.417 e. The maximum absolute atomic E-state index is 13.2. The summed E-state index contributed by atoms with van der Waals surface area (Å²) in [6.07, 6.45) is -2.82. The number of nitrogens with one attached hydrogen (secondary N) is 2. The third-order valence-electron chi connectivity index (χ3n) is 4.53. The van der Waals surface area contributed by atoms with Crippen molar-refractivity contribution in [2.45, 2.75) is 19.6 Å². The van der Waals surface area contributed by atoms with Crippen LogP contribution in [0.5, 0.6) is 0 Å². The fourth-order valence-corrected chi connectivity index (χ4v) is 3.10. The number of alkyl halides is 3. The molecule has 0 bridgehead atoms. The molecule has 1 aromatic carbocycles. The van der Waals surface area contributed by atoms with Gasteiger partial charge in [0.1, 0.15) is 5.82 Å². The molecule has 0 saturated carbocycles.